The molecule has 0 saturated heterocycles. The summed E-state index contributed by atoms with van der Waals surface area (Å²) in [6, 6.07) is 24.3. The van der Waals surface area contributed by atoms with Gasteiger partial charge in [0.25, 0.3) is 0 Å². The molecule has 0 atom stereocenters. The minimum absolute atomic E-state index is 0.662. The molecule has 5 nitrogen and oxygen atoms in total. The summed E-state index contributed by atoms with van der Waals surface area (Å²) < 4.78 is 1.69. The van der Waals surface area contributed by atoms with E-state index in [-0.39, 0.29) is 0 Å². The van der Waals surface area contributed by atoms with E-state index in [0.717, 1.165) is 11.4 Å². The molecule has 1 N–H and O–H groups in total. The van der Waals surface area contributed by atoms with Crippen LogP contribution in [0.1, 0.15) is 5.82 Å². The van der Waals surface area contributed by atoms with Gasteiger partial charge in [0.2, 0.25) is 0 Å². The lowest BCUT2D eigenvalue weighted by Gasteiger charge is -2.03. The van der Waals surface area contributed by atoms with Crippen molar-refractivity contribution in [3.05, 3.63) is 84.8 Å². The van der Waals surface area contributed by atoms with E-state index in [0.29, 0.717) is 5.82 Å². The Morgan fingerprint density at radius 1 is 0.833 bits per heavy atom. The van der Waals surface area contributed by atoms with Gasteiger partial charge in [-0.05, 0) is 45.5 Å². The fourth-order valence-electron chi connectivity index (χ4n) is 2.54. The second-order valence-electron chi connectivity index (χ2n) is 5.32. The van der Waals surface area contributed by atoms with Gasteiger partial charge in [0.15, 0.2) is 5.82 Å². The molecule has 0 spiro atoms. The molecule has 1 aromatic heterocycles. The summed E-state index contributed by atoms with van der Waals surface area (Å²) in [5, 5.41) is 17.5. The summed E-state index contributed by atoms with van der Waals surface area (Å²) in [6.07, 6.45) is 3.69. The van der Waals surface area contributed by atoms with Crippen molar-refractivity contribution in [2.75, 3.05) is 5.32 Å². The molecule has 0 aliphatic carbocycles. The van der Waals surface area contributed by atoms with Crippen LogP contribution < -0.4 is 5.32 Å². The first-order chi connectivity index (χ1) is 11.9. The molecule has 24 heavy (non-hydrogen) atoms. The molecule has 4 rings (SSSR count). The lowest BCUT2D eigenvalue weighted by molar-refractivity contribution is 0.787. The maximum absolute atomic E-state index is 4.05. The zero-order chi connectivity index (χ0) is 16.2. The summed E-state index contributed by atoms with van der Waals surface area (Å²) in [4.78, 5) is 0. The molecule has 0 aliphatic rings. The van der Waals surface area contributed by atoms with E-state index in [1.165, 1.54) is 10.8 Å². The van der Waals surface area contributed by atoms with Crippen molar-refractivity contribution in [3.8, 4) is 5.69 Å². The number of para-hydroxylation sites is 1. The van der Waals surface area contributed by atoms with Crippen molar-refractivity contribution in [2.45, 2.75) is 0 Å². The number of tetrazole rings is 1. The summed E-state index contributed by atoms with van der Waals surface area (Å²) in [5.41, 5.74) is 1.94. The van der Waals surface area contributed by atoms with E-state index in [2.05, 4.69) is 45.1 Å². The number of fused-ring (bicyclic) bond motifs is 1. The highest BCUT2D eigenvalue weighted by Crippen LogP contribution is 2.19. The van der Waals surface area contributed by atoms with Crippen molar-refractivity contribution in [1.82, 2.24) is 20.2 Å². The highest BCUT2D eigenvalue weighted by molar-refractivity contribution is 5.85. The van der Waals surface area contributed by atoms with Gasteiger partial charge in [0.05, 0.1) is 5.69 Å². The Balaban J connectivity index is 1.54. The Labute approximate surface area is 139 Å². The summed E-state index contributed by atoms with van der Waals surface area (Å²) in [5.74, 6) is 0.662. The standard InChI is InChI=1S/C19H15N5/c1-2-8-18(9-3-1)24-19(21-22-23-24)12-13-20-17-11-10-15-6-4-5-7-16(15)14-17/h1-14,20H/b13-12+. The van der Waals surface area contributed by atoms with Crippen molar-refractivity contribution < 1.29 is 0 Å². The topological polar surface area (TPSA) is 55.6 Å². The van der Waals surface area contributed by atoms with Crippen LogP contribution >= 0.6 is 0 Å². The Bertz CT molecular complexity index is 989. The highest BCUT2D eigenvalue weighted by atomic mass is 15.5. The van der Waals surface area contributed by atoms with Crippen molar-refractivity contribution in [3.63, 3.8) is 0 Å². The fraction of sp³-hybridized carbons (Fsp3) is 0. The van der Waals surface area contributed by atoms with Crippen LogP contribution in [0.4, 0.5) is 5.69 Å². The molecule has 3 aromatic carbocycles. The summed E-state index contributed by atoms with van der Waals surface area (Å²) in [7, 11) is 0. The second-order valence-corrected chi connectivity index (χ2v) is 5.32. The Hall–Kier alpha value is -3.47. The number of aromatic nitrogens is 4. The van der Waals surface area contributed by atoms with E-state index < -0.39 is 0 Å². The number of hydrogen-bond acceptors (Lipinski definition) is 4. The van der Waals surface area contributed by atoms with Crippen LogP contribution in [0.25, 0.3) is 22.5 Å². The fourth-order valence-corrected chi connectivity index (χ4v) is 2.54. The lowest BCUT2D eigenvalue weighted by atomic mass is 10.1. The van der Waals surface area contributed by atoms with Gasteiger partial charge in [0.1, 0.15) is 0 Å². The van der Waals surface area contributed by atoms with Gasteiger partial charge in [-0.1, -0.05) is 48.5 Å². The van der Waals surface area contributed by atoms with Crippen molar-refractivity contribution in [2.24, 2.45) is 0 Å². The number of benzene rings is 3. The molecule has 5 heteroatoms. The first kappa shape index (κ1) is 14.1. The molecule has 0 saturated carbocycles. The van der Waals surface area contributed by atoms with Gasteiger partial charge < -0.3 is 5.32 Å². The minimum atomic E-state index is 0.662. The Morgan fingerprint density at radius 2 is 1.62 bits per heavy atom. The minimum Gasteiger partial charge on any atom is -0.362 e. The van der Waals surface area contributed by atoms with Crippen LogP contribution in [0, 0.1) is 0 Å². The van der Waals surface area contributed by atoms with Crippen molar-refractivity contribution >= 4 is 22.5 Å². The molecular weight excluding hydrogens is 298 g/mol. The summed E-state index contributed by atoms with van der Waals surface area (Å²) >= 11 is 0. The van der Waals surface area contributed by atoms with Crippen LogP contribution in [0.15, 0.2) is 79.0 Å². The molecule has 0 unspecified atom stereocenters. The molecule has 0 radical (unpaired) electrons. The zero-order valence-corrected chi connectivity index (χ0v) is 12.9. The molecule has 116 valence electrons. The molecule has 0 bridgehead atoms. The monoisotopic (exact) mass is 313 g/mol. The molecular formula is C19H15N5. The second kappa shape index (κ2) is 6.34. The Kier molecular flexibility index (Phi) is 3.73. The highest BCUT2D eigenvalue weighted by Gasteiger charge is 2.04. The van der Waals surface area contributed by atoms with Crippen LogP contribution in [0.3, 0.4) is 0 Å². The number of hydrogen-bond donors (Lipinski definition) is 1. The maximum Gasteiger partial charge on any atom is 0.181 e. The molecule has 1 heterocycles. The van der Waals surface area contributed by atoms with Gasteiger partial charge in [-0.25, -0.2) is 0 Å². The lowest BCUT2D eigenvalue weighted by Crippen LogP contribution is -1.99. The smallest absolute Gasteiger partial charge is 0.181 e. The van der Waals surface area contributed by atoms with Gasteiger partial charge in [-0.3, -0.25) is 0 Å². The van der Waals surface area contributed by atoms with E-state index >= 15 is 0 Å². The van der Waals surface area contributed by atoms with E-state index in [1.54, 1.807) is 4.68 Å². The first-order valence-electron chi connectivity index (χ1n) is 7.66. The molecule has 0 fully saturated rings. The normalized spacial score (nSPS) is 11.2. The zero-order valence-electron chi connectivity index (χ0n) is 12.9. The SMILES string of the molecule is C(=C\c1nnnn1-c1ccccc1)/Nc1ccc2ccccc2c1. The quantitative estimate of drug-likeness (QED) is 0.621. The van der Waals surface area contributed by atoms with Crippen LogP contribution in [-0.2, 0) is 0 Å². The van der Waals surface area contributed by atoms with Crippen LogP contribution in [-0.4, -0.2) is 20.2 Å². The van der Waals surface area contributed by atoms with Crippen LogP contribution in [0.5, 0.6) is 0 Å². The average molecular weight is 313 g/mol. The summed E-state index contributed by atoms with van der Waals surface area (Å²) in [6.45, 7) is 0. The third-order valence-corrected chi connectivity index (χ3v) is 3.73. The van der Waals surface area contributed by atoms with Gasteiger partial charge in [-0.2, -0.15) is 4.68 Å². The maximum atomic E-state index is 4.05. The molecule has 0 amide bonds. The number of nitrogens with one attached hydrogen (secondary N) is 1. The average Bonchev–Trinajstić information content (AvgIpc) is 3.11. The van der Waals surface area contributed by atoms with Crippen LogP contribution in [0.2, 0.25) is 0 Å². The third-order valence-electron chi connectivity index (χ3n) is 3.73. The van der Waals surface area contributed by atoms with Crippen molar-refractivity contribution in [1.29, 1.82) is 0 Å². The predicted molar refractivity (Wildman–Crippen MR) is 95.8 cm³/mol. The largest absolute Gasteiger partial charge is 0.362 e. The third kappa shape index (κ3) is 2.87. The molecule has 0 aliphatic heterocycles. The number of rotatable bonds is 4. The molecule has 4 aromatic rings. The van der Waals surface area contributed by atoms with E-state index in [4.69, 9.17) is 0 Å². The van der Waals surface area contributed by atoms with E-state index in [9.17, 15) is 0 Å². The van der Waals surface area contributed by atoms with Gasteiger partial charge >= 0.3 is 0 Å². The van der Waals surface area contributed by atoms with Gasteiger partial charge in [-0.15, -0.1) is 5.10 Å². The van der Waals surface area contributed by atoms with Gasteiger partial charge in [0, 0.05) is 18.0 Å². The first-order valence-corrected chi connectivity index (χ1v) is 7.66. The predicted octanol–water partition coefficient (Wildman–Crippen LogP) is 3.90. The number of anilines is 1. The number of nitrogens with zero attached hydrogens (tertiary/aromatic N) is 4. The Morgan fingerprint density at radius 3 is 2.50 bits per heavy atom. The van der Waals surface area contributed by atoms with E-state index in [1.807, 2.05) is 60.8 Å².